The molecule has 0 saturated carbocycles. The van der Waals surface area contributed by atoms with E-state index in [-0.39, 0.29) is 18.4 Å². The Bertz CT molecular complexity index is 509. The molecule has 0 radical (unpaired) electrons. The van der Waals surface area contributed by atoms with Crippen molar-refractivity contribution >= 4 is 12.1 Å². The highest BCUT2D eigenvalue weighted by atomic mass is 16.5. The van der Waals surface area contributed by atoms with E-state index in [1.54, 1.807) is 19.3 Å². The number of amides is 1. The predicted molar refractivity (Wildman–Crippen MR) is 79.3 cm³/mol. The fourth-order valence-electron chi connectivity index (χ4n) is 2.60. The average Bonchev–Trinajstić information content (AvgIpc) is 2.50. The second-order valence-corrected chi connectivity index (χ2v) is 5.22. The maximum absolute atomic E-state index is 11.8. The molecule has 0 bridgehead atoms. The number of carbonyl (C=O) groups is 2. The second-order valence-electron chi connectivity index (χ2n) is 5.22. The first-order valence-electron chi connectivity index (χ1n) is 7.36. The maximum Gasteiger partial charge on any atom is 0.407 e. The lowest BCUT2D eigenvalue weighted by Gasteiger charge is -2.40. The minimum atomic E-state index is -0.947. The maximum atomic E-state index is 11.8. The molecule has 1 aliphatic rings. The van der Waals surface area contributed by atoms with Crippen LogP contribution < -0.4 is 0 Å². The first-order chi connectivity index (χ1) is 10.6. The van der Waals surface area contributed by atoms with Crippen molar-refractivity contribution in [3.63, 3.8) is 0 Å². The standard InChI is InChI=1S/C15H21N3O4/c1-2-22-14(19)9-13-11-18(15(20)21)8-7-17(13)10-12-3-5-16-6-4-12/h3-6,13H,2,7-11H2,1H3,(H,20,21). The van der Waals surface area contributed by atoms with Crippen molar-refractivity contribution in [3.8, 4) is 0 Å². The van der Waals surface area contributed by atoms with Gasteiger partial charge in [0, 0.05) is 44.6 Å². The summed E-state index contributed by atoms with van der Waals surface area (Å²) in [4.78, 5) is 30.4. The summed E-state index contributed by atoms with van der Waals surface area (Å²) in [6, 6.07) is 3.67. The zero-order valence-electron chi connectivity index (χ0n) is 12.6. The summed E-state index contributed by atoms with van der Waals surface area (Å²) in [5.74, 6) is -0.292. The minimum Gasteiger partial charge on any atom is -0.466 e. The topological polar surface area (TPSA) is 83.0 Å². The lowest BCUT2D eigenvalue weighted by atomic mass is 10.1. The van der Waals surface area contributed by atoms with Crippen LogP contribution in [0.3, 0.4) is 0 Å². The van der Waals surface area contributed by atoms with Crippen molar-refractivity contribution < 1.29 is 19.4 Å². The third-order valence-corrected chi connectivity index (χ3v) is 3.72. The van der Waals surface area contributed by atoms with E-state index in [1.165, 1.54) is 4.90 Å². The number of pyridine rings is 1. The molecule has 1 atom stereocenters. The van der Waals surface area contributed by atoms with Gasteiger partial charge in [-0.2, -0.15) is 0 Å². The van der Waals surface area contributed by atoms with Crippen molar-refractivity contribution in [3.05, 3.63) is 30.1 Å². The Morgan fingerprint density at radius 1 is 1.36 bits per heavy atom. The Hall–Kier alpha value is -2.15. The van der Waals surface area contributed by atoms with Crippen molar-refractivity contribution in [2.45, 2.75) is 25.9 Å². The summed E-state index contributed by atoms with van der Waals surface area (Å²) < 4.78 is 5.00. The Morgan fingerprint density at radius 3 is 2.73 bits per heavy atom. The highest BCUT2D eigenvalue weighted by Crippen LogP contribution is 2.17. The van der Waals surface area contributed by atoms with Gasteiger partial charge >= 0.3 is 12.1 Å². The quantitative estimate of drug-likeness (QED) is 0.823. The average molecular weight is 307 g/mol. The fourth-order valence-corrected chi connectivity index (χ4v) is 2.60. The van der Waals surface area contributed by atoms with E-state index in [1.807, 2.05) is 12.1 Å². The molecule has 7 heteroatoms. The Morgan fingerprint density at radius 2 is 2.09 bits per heavy atom. The van der Waals surface area contributed by atoms with E-state index in [0.29, 0.717) is 32.8 Å². The van der Waals surface area contributed by atoms with Gasteiger partial charge in [-0.15, -0.1) is 0 Å². The summed E-state index contributed by atoms with van der Waals surface area (Å²) in [6.07, 6.45) is 2.70. The molecule has 1 N–H and O–H groups in total. The number of rotatable bonds is 5. The molecule has 2 heterocycles. The first kappa shape index (κ1) is 16.2. The summed E-state index contributed by atoms with van der Waals surface area (Å²) >= 11 is 0. The van der Waals surface area contributed by atoms with Gasteiger partial charge in [0.2, 0.25) is 0 Å². The van der Waals surface area contributed by atoms with Crippen LogP contribution in [0.2, 0.25) is 0 Å². The first-order valence-corrected chi connectivity index (χ1v) is 7.36. The minimum absolute atomic E-state index is 0.169. The fraction of sp³-hybridized carbons (Fsp3) is 0.533. The number of piperazine rings is 1. The summed E-state index contributed by atoms with van der Waals surface area (Å²) in [5, 5.41) is 9.15. The van der Waals surface area contributed by atoms with Gasteiger partial charge in [0.1, 0.15) is 0 Å². The van der Waals surface area contributed by atoms with Gasteiger partial charge in [-0.1, -0.05) is 0 Å². The van der Waals surface area contributed by atoms with E-state index < -0.39 is 6.09 Å². The normalized spacial score (nSPS) is 19.0. The molecule has 1 aromatic heterocycles. The van der Waals surface area contributed by atoms with Gasteiger partial charge in [0.25, 0.3) is 0 Å². The van der Waals surface area contributed by atoms with Crippen molar-refractivity contribution in [1.29, 1.82) is 0 Å². The summed E-state index contributed by atoms with van der Waals surface area (Å²) in [7, 11) is 0. The molecule has 22 heavy (non-hydrogen) atoms. The van der Waals surface area contributed by atoms with E-state index in [4.69, 9.17) is 9.84 Å². The molecule has 1 unspecified atom stereocenters. The van der Waals surface area contributed by atoms with Crippen LogP contribution >= 0.6 is 0 Å². The van der Waals surface area contributed by atoms with Crippen LogP contribution in [0.4, 0.5) is 4.79 Å². The van der Waals surface area contributed by atoms with Gasteiger partial charge in [0.15, 0.2) is 0 Å². The van der Waals surface area contributed by atoms with Crippen LogP contribution in [-0.2, 0) is 16.1 Å². The van der Waals surface area contributed by atoms with Crippen molar-refractivity contribution in [2.75, 3.05) is 26.2 Å². The molecular formula is C15H21N3O4. The number of carboxylic acid groups (broad SMARTS) is 1. The monoisotopic (exact) mass is 307 g/mol. The third kappa shape index (κ3) is 4.42. The van der Waals surface area contributed by atoms with Crippen LogP contribution in [0.5, 0.6) is 0 Å². The van der Waals surface area contributed by atoms with Gasteiger partial charge in [-0.3, -0.25) is 14.7 Å². The number of nitrogens with zero attached hydrogens (tertiary/aromatic N) is 3. The molecule has 0 spiro atoms. The van der Waals surface area contributed by atoms with E-state index in [2.05, 4.69) is 9.88 Å². The molecule has 1 amide bonds. The molecule has 0 aromatic carbocycles. The zero-order chi connectivity index (χ0) is 15.9. The molecule has 1 aromatic rings. The second kappa shape index (κ2) is 7.74. The van der Waals surface area contributed by atoms with Crippen LogP contribution in [0.1, 0.15) is 18.9 Å². The highest BCUT2D eigenvalue weighted by molar-refractivity contribution is 5.70. The summed E-state index contributed by atoms with van der Waals surface area (Å²) in [5.41, 5.74) is 1.09. The molecule has 120 valence electrons. The molecule has 7 nitrogen and oxygen atoms in total. The molecule has 1 aliphatic heterocycles. The van der Waals surface area contributed by atoms with Crippen LogP contribution in [0, 0.1) is 0 Å². The molecule has 2 rings (SSSR count). The van der Waals surface area contributed by atoms with Crippen LogP contribution in [0.25, 0.3) is 0 Å². The molecule has 1 fully saturated rings. The van der Waals surface area contributed by atoms with Gasteiger partial charge in [-0.05, 0) is 24.6 Å². The number of ether oxygens (including phenoxy) is 1. The van der Waals surface area contributed by atoms with E-state index >= 15 is 0 Å². The third-order valence-electron chi connectivity index (χ3n) is 3.72. The summed E-state index contributed by atoms with van der Waals surface area (Å²) in [6.45, 7) is 4.12. The van der Waals surface area contributed by atoms with Gasteiger partial charge in [-0.25, -0.2) is 4.79 Å². The zero-order valence-corrected chi connectivity index (χ0v) is 12.6. The predicted octanol–water partition coefficient (Wildman–Crippen LogP) is 1.20. The number of aromatic nitrogens is 1. The van der Waals surface area contributed by atoms with Gasteiger partial charge < -0.3 is 14.7 Å². The van der Waals surface area contributed by atoms with E-state index in [9.17, 15) is 9.59 Å². The van der Waals surface area contributed by atoms with Crippen molar-refractivity contribution in [2.24, 2.45) is 0 Å². The molecule has 0 aliphatic carbocycles. The molecular weight excluding hydrogens is 286 g/mol. The smallest absolute Gasteiger partial charge is 0.407 e. The lowest BCUT2D eigenvalue weighted by molar-refractivity contribution is -0.145. The van der Waals surface area contributed by atoms with Crippen LogP contribution in [0.15, 0.2) is 24.5 Å². The number of hydrogen-bond acceptors (Lipinski definition) is 5. The number of esters is 1. The largest absolute Gasteiger partial charge is 0.466 e. The number of carbonyl (C=O) groups excluding carboxylic acids is 1. The van der Waals surface area contributed by atoms with Crippen molar-refractivity contribution in [1.82, 2.24) is 14.8 Å². The van der Waals surface area contributed by atoms with Crippen LogP contribution in [-0.4, -0.2) is 64.2 Å². The Balaban J connectivity index is 2.04. The Kier molecular flexibility index (Phi) is 5.71. The Labute approximate surface area is 129 Å². The lowest BCUT2D eigenvalue weighted by Crippen LogP contribution is -2.54. The SMILES string of the molecule is CCOC(=O)CC1CN(C(=O)O)CCN1Cc1ccncc1. The number of hydrogen-bond donors (Lipinski definition) is 1. The molecule has 1 saturated heterocycles. The van der Waals surface area contributed by atoms with E-state index in [0.717, 1.165) is 5.56 Å². The highest BCUT2D eigenvalue weighted by Gasteiger charge is 2.31. The van der Waals surface area contributed by atoms with Gasteiger partial charge in [0.05, 0.1) is 13.0 Å².